The van der Waals surface area contributed by atoms with E-state index in [0.717, 1.165) is 24.2 Å². The van der Waals surface area contributed by atoms with Gasteiger partial charge in [-0.15, -0.1) is 0 Å². The molecule has 0 fully saturated rings. The SMILES string of the molecule is Cc1ccc(C)c(OCCCCC(=O)NC(C)C(=O)N(C)C)c1. The lowest BCUT2D eigenvalue weighted by Gasteiger charge is -2.17. The third kappa shape index (κ3) is 6.72. The van der Waals surface area contributed by atoms with E-state index in [1.165, 1.54) is 10.5 Å². The topological polar surface area (TPSA) is 58.6 Å². The van der Waals surface area contributed by atoms with Gasteiger partial charge in [-0.1, -0.05) is 12.1 Å². The summed E-state index contributed by atoms with van der Waals surface area (Å²) in [6.45, 7) is 6.34. The number of ether oxygens (including phenoxy) is 1. The number of hydrogen-bond acceptors (Lipinski definition) is 3. The number of hydrogen-bond donors (Lipinski definition) is 1. The van der Waals surface area contributed by atoms with E-state index in [9.17, 15) is 9.59 Å². The van der Waals surface area contributed by atoms with Crippen LogP contribution in [0.25, 0.3) is 0 Å². The molecule has 0 aromatic heterocycles. The first kappa shape index (κ1) is 19.0. The molecular weight excluding hydrogens is 292 g/mol. The molecule has 0 aliphatic rings. The maximum atomic E-state index is 11.8. The van der Waals surface area contributed by atoms with E-state index in [-0.39, 0.29) is 11.8 Å². The van der Waals surface area contributed by atoms with Crippen LogP contribution in [0, 0.1) is 13.8 Å². The minimum Gasteiger partial charge on any atom is -0.493 e. The Kier molecular flexibility index (Phi) is 7.59. The normalized spacial score (nSPS) is 11.7. The Bertz CT molecular complexity index is 541. The van der Waals surface area contributed by atoms with E-state index in [4.69, 9.17) is 4.74 Å². The van der Waals surface area contributed by atoms with Crippen molar-refractivity contribution in [2.75, 3.05) is 20.7 Å². The summed E-state index contributed by atoms with van der Waals surface area (Å²) < 4.78 is 5.76. The molecule has 0 aliphatic carbocycles. The highest BCUT2D eigenvalue weighted by Gasteiger charge is 2.16. The fourth-order valence-electron chi connectivity index (χ4n) is 2.20. The first-order valence-electron chi connectivity index (χ1n) is 8.02. The van der Waals surface area contributed by atoms with E-state index >= 15 is 0 Å². The molecule has 0 bridgehead atoms. The molecule has 5 heteroatoms. The molecule has 2 amide bonds. The average molecular weight is 320 g/mol. The molecule has 0 saturated carbocycles. The molecule has 1 atom stereocenters. The second-order valence-corrected chi connectivity index (χ2v) is 6.10. The van der Waals surface area contributed by atoms with Crippen LogP contribution in [0.15, 0.2) is 18.2 Å². The van der Waals surface area contributed by atoms with E-state index in [0.29, 0.717) is 13.0 Å². The fourth-order valence-corrected chi connectivity index (χ4v) is 2.20. The highest BCUT2D eigenvalue weighted by molar-refractivity contribution is 5.86. The number of aryl methyl sites for hydroxylation is 2. The molecule has 128 valence electrons. The van der Waals surface area contributed by atoms with Gasteiger partial charge < -0.3 is 15.0 Å². The van der Waals surface area contributed by atoms with Gasteiger partial charge in [-0.3, -0.25) is 9.59 Å². The first-order valence-corrected chi connectivity index (χ1v) is 8.02. The highest BCUT2D eigenvalue weighted by Crippen LogP contribution is 2.19. The second-order valence-electron chi connectivity index (χ2n) is 6.10. The van der Waals surface area contributed by atoms with Crippen molar-refractivity contribution in [1.29, 1.82) is 0 Å². The van der Waals surface area contributed by atoms with Crippen molar-refractivity contribution in [2.45, 2.75) is 46.1 Å². The number of carbonyl (C=O) groups is 2. The quantitative estimate of drug-likeness (QED) is 0.749. The smallest absolute Gasteiger partial charge is 0.244 e. The molecule has 0 spiro atoms. The van der Waals surface area contributed by atoms with E-state index < -0.39 is 6.04 Å². The Morgan fingerprint density at radius 2 is 1.91 bits per heavy atom. The number of carbonyl (C=O) groups excluding carboxylic acids is 2. The van der Waals surface area contributed by atoms with Crippen LogP contribution in [0.3, 0.4) is 0 Å². The van der Waals surface area contributed by atoms with Crippen LogP contribution in [0.5, 0.6) is 5.75 Å². The summed E-state index contributed by atoms with van der Waals surface area (Å²) in [5.74, 6) is 0.704. The molecule has 1 unspecified atom stereocenters. The van der Waals surface area contributed by atoms with Crippen molar-refractivity contribution in [3.63, 3.8) is 0 Å². The summed E-state index contributed by atoms with van der Waals surface area (Å²) in [7, 11) is 3.35. The monoisotopic (exact) mass is 320 g/mol. The maximum Gasteiger partial charge on any atom is 0.244 e. The minimum absolute atomic E-state index is 0.0977. The molecule has 0 aliphatic heterocycles. The number of likely N-dealkylation sites (N-methyl/N-ethyl adjacent to an activating group) is 1. The molecule has 1 rings (SSSR count). The Labute approximate surface area is 139 Å². The largest absolute Gasteiger partial charge is 0.493 e. The molecule has 1 N–H and O–H groups in total. The van der Waals surface area contributed by atoms with Crippen LogP contribution >= 0.6 is 0 Å². The Morgan fingerprint density at radius 1 is 1.22 bits per heavy atom. The number of amides is 2. The van der Waals surface area contributed by atoms with Crippen molar-refractivity contribution in [2.24, 2.45) is 0 Å². The Balaban J connectivity index is 2.23. The van der Waals surface area contributed by atoms with Crippen molar-refractivity contribution < 1.29 is 14.3 Å². The fraction of sp³-hybridized carbons (Fsp3) is 0.556. The first-order chi connectivity index (χ1) is 10.8. The lowest BCUT2D eigenvalue weighted by atomic mass is 10.1. The lowest BCUT2D eigenvalue weighted by molar-refractivity contribution is -0.133. The molecule has 1 aromatic carbocycles. The highest BCUT2D eigenvalue weighted by atomic mass is 16.5. The molecule has 23 heavy (non-hydrogen) atoms. The van der Waals surface area contributed by atoms with Crippen molar-refractivity contribution in [3.8, 4) is 5.75 Å². The zero-order valence-electron chi connectivity index (χ0n) is 14.8. The van der Waals surface area contributed by atoms with Crippen LogP contribution in [-0.2, 0) is 9.59 Å². The van der Waals surface area contributed by atoms with Gasteiger partial charge in [0, 0.05) is 20.5 Å². The van der Waals surface area contributed by atoms with Crippen LogP contribution in [0.4, 0.5) is 0 Å². The van der Waals surface area contributed by atoms with Gasteiger partial charge in [0.1, 0.15) is 11.8 Å². The summed E-state index contributed by atoms with van der Waals surface area (Å²) in [5, 5.41) is 2.72. The summed E-state index contributed by atoms with van der Waals surface area (Å²) in [6.07, 6.45) is 1.94. The van der Waals surface area contributed by atoms with Gasteiger partial charge in [-0.25, -0.2) is 0 Å². The number of nitrogens with one attached hydrogen (secondary N) is 1. The maximum absolute atomic E-state index is 11.8. The van der Waals surface area contributed by atoms with Crippen molar-refractivity contribution >= 4 is 11.8 Å². The van der Waals surface area contributed by atoms with Gasteiger partial charge in [0.2, 0.25) is 11.8 Å². The zero-order chi connectivity index (χ0) is 17.4. The molecule has 0 heterocycles. The van der Waals surface area contributed by atoms with Crippen LogP contribution in [-0.4, -0.2) is 43.5 Å². The van der Waals surface area contributed by atoms with Crippen molar-refractivity contribution in [1.82, 2.24) is 10.2 Å². The molecular formula is C18H28N2O3. The third-order valence-electron chi connectivity index (χ3n) is 3.59. The number of benzene rings is 1. The van der Waals surface area contributed by atoms with Crippen LogP contribution < -0.4 is 10.1 Å². The van der Waals surface area contributed by atoms with Crippen molar-refractivity contribution in [3.05, 3.63) is 29.3 Å². The molecule has 0 radical (unpaired) electrons. The zero-order valence-corrected chi connectivity index (χ0v) is 14.8. The van der Waals surface area contributed by atoms with Gasteiger partial charge in [0.25, 0.3) is 0 Å². The van der Waals surface area contributed by atoms with E-state index in [2.05, 4.69) is 11.4 Å². The number of nitrogens with zero attached hydrogens (tertiary/aromatic N) is 1. The summed E-state index contributed by atoms with van der Waals surface area (Å²) in [6, 6.07) is 5.64. The van der Waals surface area contributed by atoms with E-state index in [1.54, 1.807) is 21.0 Å². The third-order valence-corrected chi connectivity index (χ3v) is 3.59. The van der Waals surface area contributed by atoms with Gasteiger partial charge in [0.05, 0.1) is 6.61 Å². The van der Waals surface area contributed by atoms with E-state index in [1.807, 2.05) is 26.0 Å². The Morgan fingerprint density at radius 3 is 2.57 bits per heavy atom. The predicted octanol–water partition coefficient (Wildman–Crippen LogP) is 2.45. The van der Waals surface area contributed by atoms with Gasteiger partial charge in [-0.2, -0.15) is 0 Å². The van der Waals surface area contributed by atoms with Crippen LogP contribution in [0.1, 0.15) is 37.3 Å². The average Bonchev–Trinajstić information content (AvgIpc) is 2.49. The summed E-state index contributed by atoms with van der Waals surface area (Å²) >= 11 is 0. The second kappa shape index (κ2) is 9.18. The number of unbranched alkanes of at least 4 members (excludes halogenated alkanes) is 1. The standard InChI is InChI=1S/C18H28N2O3/c1-13-9-10-14(2)16(12-13)23-11-7-6-8-17(21)19-15(3)18(22)20(4)5/h9-10,12,15H,6-8,11H2,1-5H3,(H,19,21). The molecule has 5 nitrogen and oxygen atoms in total. The Hall–Kier alpha value is -2.04. The van der Waals surface area contributed by atoms with Crippen LogP contribution in [0.2, 0.25) is 0 Å². The summed E-state index contributed by atoms with van der Waals surface area (Å²) in [4.78, 5) is 24.9. The van der Waals surface area contributed by atoms with Gasteiger partial charge in [-0.05, 0) is 50.8 Å². The molecule has 1 aromatic rings. The lowest BCUT2D eigenvalue weighted by Crippen LogP contribution is -2.44. The predicted molar refractivity (Wildman–Crippen MR) is 91.6 cm³/mol. The van der Waals surface area contributed by atoms with Gasteiger partial charge >= 0.3 is 0 Å². The minimum atomic E-state index is -0.483. The summed E-state index contributed by atoms with van der Waals surface area (Å²) in [5.41, 5.74) is 2.29. The molecule has 0 saturated heterocycles. The number of rotatable bonds is 8. The van der Waals surface area contributed by atoms with Gasteiger partial charge in [0.15, 0.2) is 0 Å².